The third kappa shape index (κ3) is 39.3. The number of nitrogens with zero attached hydrogens (tertiary/aromatic N) is 20. The first-order valence-corrected chi connectivity index (χ1v) is 69.7. The predicted octanol–water partition coefficient (Wildman–Crippen LogP) is 24.3. The predicted molar refractivity (Wildman–Crippen MR) is 583 cm³/mol. The maximum absolute atomic E-state index is 6.22. The van der Waals surface area contributed by atoms with Crippen molar-refractivity contribution in [1.82, 2.24) is 92.7 Å². The number of aryl methyl sites for hydroxylation is 2. The first-order chi connectivity index (χ1) is 63.1. The molecule has 16 rings (SSSR count). The third-order valence-electron chi connectivity index (χ3n) is 22.9. The van der Waals surface area contributed by atoms with Gasteiger partial charge in [-0.15, -0.1) is 0 Å². The molecular formula is C91H147Cl7IN25O5Si5. The lowest BCUT2D eigenvalue weighted by atomic mass is 10.2. The number of H-pyrrole nitrogens is 1. The minimum absolute atomic E-state index is 0.152. The van der Waals surface area contributed by atoms with Crippen molar-refractivity contribution in [3.63, 3.8) is 0 Å². The fraction of sp³-hybridized carbons (Fsp3) is 0.604. The molecule has 12 aromatic rings. The van der Waals surface area contributed by atoms with Crippen LogP contribution in [-0.4, -0.2) is 215 Å². The molecular weight excluding hydrogens is 2040 g/mol. The molecule has 4 aliphatic carbocycles. The molecule has 12 aromatic heterocycles. The van der Waals surface area contributed by atoms with Crippen LogP contribution in [0.15, 0.2) is 86.1 Å². The van der Waals surface area contributed by atoms with Gasteiger partial charge in [-0.25, -0.2) is 15.0 Å². The number of fused-ring (bicyclic) bond motifs is 5. The Balaban J connectivity index is 0.000000197. The maximum Gasteiger partial charge on any atom is 0.231 e. The van der Waals surface area contributed by atoms with Crippen LogP contribution in [0.5, 0.6) is 0 Å². The van der Waals surface area contributed by atoms with E-state index >= 15 is 0 Å². The van der Waals surface area contributed by atoms with Crippen LogP contribution in [0, 0.1) is 23.7 Å². The summed E-state index contributed by atoms with van der Waals surface area (Å²) in [7, 11) is 2.79. The highest BCUT2D eigenvalue weighted by Crippen LogP contribution is 2.41. The van der Waals surface area contributed by atoms with Crippen molar-refractivity contribution in [2.24, 2.45) is 43.5 Å². The second kappa shape index (κ2) is 53.1. The van der Waals surface area contributed by atoms with Gasteiger partial charge in [0.05, 0.1) is 50.7 Å². The van der Waals surface area contributed by atoms with Crippen molar-refractivity contribution < 1.29 is 23.7 Å². The average molecular weight is 2190 g/mol. The van der Waals surface area contributed by atoms with Crippen LogP contribution < -0.4 is 31.9 Å². The lowest BCUT2D eigenvalue weighted by Crippen LogP contribution is -2.31. The van der Waals surface area contributed by atoms with Crippen molar-refractivity contribution in [3.8, 4) is 0 Å². The molecule has 0 aromatic carbocycles. The summed E-state index contributed by atoms with van der Waals surface area (Å²) in [6.45, 7) is 50.0. The van der Waals surface area contributed by atoms with Gasteiger partial charge in [0.2, 0.25) is 27.1 Å². The number of nitrogens with two attached hydrogens (primary N) is 2. The van der Waals surface area contributed by atoms with Gasteiger partial charge in [-0.2, -0.15) is 45.1 Å². The number of nitrogen functional groups attached to an aromatic ring is 1. The van der Waals surface area contributed by atoms with E-state index in [0.717, 1.165) is 148 Å². The topological polar surface area (TPSA) is 329 Å². The normalized spacial score (nSPS) is 14.8. The number of ether oxygens (including phenoxy) is 5. The van der Waals surface area contributed by atoms with Crippen LogP contribution in [0.3, 0.4) is 0 Å². The van der Waals surface area contributed by atoms with Gasteiger partial charge in [-0.3, -0.25) is 9.36 Å². The molecule has 742 valence electrons. The summed E-state index contributed by atoms with van der Waals surface area (Å²) in [5, 5.41) is 21.2. The number of hydrogen-bond donors (Lipinski definition) is 5. The third-order valence-corrected chi connectivity index (χ3v) is 32.8. The number of hydrogen-bond acceptors (Lipinski definition) is 23. The Kier molecular flexibility index (Phi) is 44.9. The van der Waals surface area contributed by atoms with Crippen molar-refractivity contribution in [3.05, 3.63) is 118 Å². The van der Waals surface area contributed by atoms with Gasteiger partial charge in [-0.05, 0) is 215 Å². The van der Waals surface area contributed by atoms with E-state index in [4.69, 9.17) is 126 Å². The molecule has 0 radical (unpaired) electrons. The summed E-state index contributed by atoms with van der Waals surface area (Å²) in [4.78, 5) is 52.6. The molecule has 1 unspecified atom stereocenters. The van der Waals surface area contributed by atoms with Crippen LogP contribution in [0.25, 0.3) is 55.2 Å². The van der Waals surface area contributed by atoms with E-state index in [1.54, 1.807) is 40.2 Å². The molecule has 7 N–H and O–H groups in total. The standard InChI is InChI=1S/C22H35N7OSi.C18H29ClN4OSi.C17H27ClN4OSi.C12H17Cl2N3OSi.C6H3Cl2N3.C6H15ClOSi.C5H11N.C4H7N3.CH3I/c1-16(17-7-8-17)28(3)20-19-9-10-29(15-30-11-12-31(4,5)6)21(19)26-22(25-20)24-18-13-23-27(2)14-18;1-13(14-6-7-14)22(2)16-15-8-9-23(17(15)21-18(19)20-16)12-24-10-11-25(3,4)5;1-12(13-5-6-13)19-15-14-7-8-22(16(14)21-17(18)20-15)11-23-9-10-24(2,3)4;1-19(2,3)7-6-18-8-17-5-4-9-10(13)15-12(14)16-11(9)17;7-4-3-1-2-9-5(3)11-6(8)10-4;1-9(2,3)5-4-8-6-7;1-4(6)5-2-3-5;1-7-3-4(5)2-6-7;1-2/h9-10,13-14,16-17H,7-8,11-12,15H2,1-6H3,(H,24,25,26);8-9,13-14H,6-7,10-12H2,1-5H3;7-8,12-13H,5-6,9-11H2,1-4H3,(H,19,20,21);4-5H,6-8H2,1-3H3;1-2H,(H,9,10,11);4-6H2,1-3H3;4-5H,2-3,6H2,1H3;2-3H,5H2,1H3;1H3/t;13-;12-;;;;4-;;/m.00...0../s1. The molecule has 0 bridgehead atoms. The maximum atomic E-state index is 6.22. The number of aromatic nitrogens is 19. The van der Waals surface area contributed by atoms with E-state index in [1.165, 1.54) is 57.4 Å². The van der Waals surface area contributed by atoms with Crippen molar-refractivity contribution >= 4 is 234 Å². The Morgan fingerprint density at radius 2 is 0.813 bits per heavy atom. The fourth-order valence-electron chi connectivity index (χ4n) is 13.5. The summed E-state index contributed by atoms with van der Waals surface area (Å²) in [5.41, 5.74) is 16.3. The lowest BCUT2D eigenvalue weighted by molar-refractivity contribution is 0.0898. The Morgan fingerprint density at radius 1 is 0.448 bits per heavy atom. The molecule has 0 spiro atoms. The highest BCUT2D eigenvalue weighted by atomic mass is 127. The number of nitrogens with one attached hydrogen (secondary N) is 3. The summed E-state index contributed by atoms with van der Waals surface area (Å²) in [6, 6.07) is 17.8. The van der Waals surface area contributed by atoms with Crippen molar-refractivity contribution in [2.75, 3.05) is 84.3 Å². The van der Waals surface area contributed by atoms with E-state index in [0.29, 0.717) is 95.7 Å². The van der Waals surface area contributed by atoms with E-state index in [9.17, 15) is 0 Å². The van der Waals surface area contributed by atoms with Gasteiger partial charge >= 0.3 is 0 Å². The van der Waals surface area contributed by atoms with E-state index in [-0.39, 0.29) is 15.9 Å². The molecule has 4 fully saturated rings. The summed E-state index contributed by atoms with van der Waals surface area (Å²) < 4.78 is 39.8. The van der Waals surface area contributed by atoms with Crippen LogP contribution in [0.4, 0.5) is 34.8 Å². The van der Waals surface area contributed by atoms with Gasteiger partial charge < -0.3 is 78.8 Å². The number of halogens is 8. The zero-order valence-electron chi connectivity index (χ0n) is 83.1. The molecule has 4 aliphatic rings. The molecule has 12 heterocycles. The van der Waals surface area contributed by atoms with Gasteiger partial charge in [0.15, 0.2) is 0 Å². The van der Waals surface area contributed by atoms with Crippen LogP contribution in [0.1, 0.15) is 79.1 Å². The molecule has 0 amide bonds. The SMILES string of the molecule is CC(C1CC1)N(C)c1nc(Nc2cnn(C)c2)nc2c1ccn2COCC[Si](C)(C)C.CI.C[C@@H](C1CC1)N(C)c1nc(Cl)nc2c1ccn2COCC[Si](C)(C)C.C[C@H](N)C1CC1.C[C@H](Nc1nc(Cl)nc2c1ccn2COCC[Si](C)(C)C)C1CC1.C[Si](C)(C)CCOCCl.C[Si](C)(C)CCOCn1ccc2c(Cl)nc(Cl)nc21.Clc1nc(Cl)c2cc[nH]c2n1.Cn1cc(N)cn1. The summed E-state index contributed by atoms with van der Waals surface area (Å²) >= 11 is 43.0. The van der Waals surface area contributed by atoms with E-state index in [1.807, 2.05) is 69.6 Å². The summed E-state index contributed by atoms with van der Waals surface area (Å²) in [6.07, 6.45) is 27.3. The van der Waals surface area contributed by atoms with Crippen molar-refractivity contribution in [1.29, 1.82) is 0 Å². The second-order valence-corrected chi connectivity index (χ2v) is 71.4. The average Bonchev–Trinajstić information content (AvgIpc) is 1.54. The number of aromatic amines is 1. The molecule has 0 saturated heterocycles. The first-order valence-electron chi connectivity index (χ1n) is 46.2. The highest BCUT2D eigenvalue weighted by molar-refractivity contribution is 14.1. The van der Waals surface area contributed by atoms with Gasteiger partial charge in [0.25, 0.3) is 0 Å². The van der Waals surface area contributed by atoms with E-state index in [2.05, 4.69) is 261 Å². The Bertz CT molecular complexity index is 5540. The molecule has 4 saturated carbocycles. The minimum atomic E-state index is -1.11. The van der Waals surface area contributed by atoms with Crippen molar-refractivity contribution in [2.45, 2.75) is 259 Å². The second-order valence-electron chi connectivity index (χ2n) is 41.0. The van der Waals surface area contributed by atoms with Gasteiger partial charge in [0.1, 0.15) is 89.0 Å². The quantitative estimate of drug-likeness (QED) is 0.00608. The van der Waals surface area contributed by atoms with Gasteiger partial charge in [0, 0.05) is 169 Å². The number of anilines is 6. The molecule has 30 nitrogen and oxygen atoms in total. The number of alkyl halides is 2. The zero-order chi connectivity index (χ0) is 98.7. The van der Waals surface area contributed by atoms with Crippen LogP contribution >= 0.6 is 104 Å². The molecule has 43 heteroatoms. The highest BCUT2D eigenvalue weighted by Gasteiger charge is 2.35. The van der Waals surface area contributed by atoms with Crippen LogP contribution in [0.2, 0.25) is 160 Å². The van der Waals surface area contributed by atoms with Gasteiger partial charge in [-0.1, -0.05) is 156 Å². The summed E-state index contributed by atoms with van der Waals surface area (Å²) in [5.74, 6) is 6.41. The lowest BCUT2D eigenvalue weighted by Gasteiger charge is -2.27. The minimum Gasteiger partial charge on any atom is -0.396 e. The largest absolute Gasteiger partial charge is 0.396 e. The zero-order valence-corrected chi connectivity index (χ0v) is 95.6. The van der Waals surface area contributed by atoms with E-state index < -0.39 is 40.4 Å². The Morgan fingerprint density at radius 3 is 1.19 bits per heavy atom. The van der Waals surface area contributed by atoms with Crippen LogP contribution in [-0.2, 0) is 64.7 Å². The first kappa shape index (κ1) is 113. The Labute approximate surface area is 847 Å². The fourth-order valence-corrected chi connectivity index (χ4v) is 18.6. The molecule has 4 atom stereocenters. The molecule has 0 aliphatic heterocycles. The Hall–Kier alpha value is -5.88. The molecule has 134 heavy (non-hydrogen) atoms. The smallest absolute Gasteiger partial charge is 0.231 e. The number of rotatable bonds is 36. The monoisotopic (exact) mass is 2180 g/mol.